The molecule has 182 valence electrons. The maximum atomic E-state index is 10.0. The first-order valence-corrected chi connectivity index (χ1v) is 13.8. The van der Waals surface area contributed by atoms with Crippen LogP contribution in [-0.4, -0.2) is 34.1 Å². The fourth-order valence-electron chi connectivity index (χ4n) is 4.34. The molecule has 0 aliphatic carbocycles. The van der Waals surface area contributed by atoms with Crippen LogP contribution in [0.3, 0.4) is 0 Å². The van der Waals surface area contributed by atoms with Crippen LogP contribution < -0.4 is 0 Å². The van der Waals surface area contributed by atoms with Crippen molar-refractivity contribution in [2.45, 2.75) is 168 Å². The van der Waals surface area contributed by atoms with E-state index in [0.29, 0.717) is 12.8 Å². The minimum absolute atomic E-state index is 0.504. The van der Waals surface area contributed by atoms with Crippen molar-refractivity contribution in [3.63, 3.8) is 0 Å². The Morgan fingerprint density at radius 1 is 0.433 bits per heavy atom. The maximum absolute atomic E-state index is 10.0. The predicted molar refractivity (Wildman–Crippen MR) is 133 cm³/mol. The van der Waals surface area contributed by atoms with Gasteiger partial charge in [0, 0.05) is 6.54 Å². The van der Waals surface area contributed by atoms with Crippen LogP contribution >= 0.6 is 0 Å². The van der Waals surface area contributed by atoms with Crippen molar-refractivity contribution >= 4 is 0 Å². The van der Waals surface area contributed by atoms with Gasteiger partial charge in [-0.1, -0.05) is 136 Å². The number of nitrogens with zero attached hydrogens (tertiary/aromatic N) is 1. The highest BCUT2D eigenvalue weighted by Crippen LogP contribution is 2.15. The molecule has 0 saturated heterocycles. The summed E-state index contributed by atoms with van der Waals surface area (Å²) in [5, 5.41) is 20.1. The van der Waals surface area contributed by atoms with E-state index in [1.165, 1.54) is 116 Å². The minimum Gasteiger partial charge on any atom is -0.378 e. The van der Waals surface area contributed by atoms with Gasteiger partial charge in [-0.2, -0.15) is 0 Å². The lowest BCUT2D eigenvalue weighted by atomic mass is 10.0. The molecule has 2 N–H and O–H groups in total. The zero-order valence-corrected chi connectivity index (χ0v) is 21.1. The molecule has 0 fully saturated rings. The molecule has 2 unspecified atom stereocenters. The summed E-state index contributed by atoms with van der Waals surface area (Å²) in [6.07, 6.45) is 26.7. The minimum atomic E-state index is -0.504. The Kier molecular flexibility index (Phi) is 23.4. The van der Waals surface area contributed by atoms with Crippen LogP contribution in [0.25, 0.3) is 0 Å². The second kappa shape index (κ2) is 23.5. The average Bonchev–Trinajstić information content (AvgIpc) is 2.76. The summed E-state index contributed by atoms with van der Waals surface area (Å²) < 4.78 is 0. The zero-order valence-electron chi connectivity index (χ0n) is 21.1. The van der Waals surface area contributed by atoms with E-state index in [1.807, 2.05) is 18.7 Å². The molecule has 0 spiro atoms. The van der Waals surface area contributed by atoms with E-state index in [4.69, 9.17) is 0 Å². The number of rotatable bonds is 24. The lowest BCUT2D eigenvalue weighted by molar-refractivity contribution is -0.104. The Morgan fingerprint density at radius 3 is 0.967 bits per heavy atom. The summed E-state index contributed by atoms with van der Waals surface area (Å²) >= 11 is 0. The molecule has 0 aliphatic heterocycles. The fraction of sp³-hybridized carbons (Fsp3) is 1.00. The molecule has 0 amide bonds. The molecule has 0 aromatic heterocycles. The summed E-state index contributed by atoms with van der Waals surface area (Å²) in [7, 11) is 0. The Labute approximate surface area is 190 Å². The summed E-state index contributed by atoms with van der Waals surface area (Å²) in [5.74, 6) is 0. The quantitative estimate of drug-likeness (QED) is 0.120. The average molecular weight is 428 g/mol. The molecule has 2 atom stereocenters. The van der Waals surface area contributed by atoms with Crippen LogP contribution in [0.15, 0.2) is 0 Å². The van der Waals surface area contributed by atoms with Crippen molar-refractivity contribution in [2.75, 3.05) is 6.54 Å². The van der Waals surface area contributed by atoms with Gasteiger partial charge in [-0.25, -0.2) is 0 Å². The Hall–Kier alpha value is -0.120. The molecule has 0 aliphatic rings. The van der Waals surface area contributed by atoms with Gasteiger partial charge in [0.2, 0.25) is 0 Å². The highest BCUT2D eigenvalue weighted by molar-refractivity contribution is 4.64. The first-order chi connectivity index (χ1) is 14.7. The van der Waals surface area contributed by atoms with Crippen LogP contribution in [-0.2, 0) is 0 Å². The maximum Gasteiger partial charge on any atom is 0.109 e. The summed E-state index contributed by atoms with van der Waals surface area (Å²) in [4.78, 5) is 1.85. The van der Waals surface area contributed by atoms with E-state index < -0.39 is 12.5 Å². The molecule has 0 radical (unpaired) electrons. The molecule has 0 saturated carbocycles. The van der Waals surface area contributed by atoms with Gasteiger partial charge < -0.3 is 10.2 Å². The van der Waals surface area contributed by atoms with E-state index >= 15 is 0 Å². The van der Waals surface area contributed by atoms with E-state index in [1.54, 1.807) is 0 Å². The van der Waals surface area contributed by atoms with Gasteiger partial charge in [0.25, 0.3) is 0 Å². The Morgan fingerprint density at radius 2 is 0.700 bits per heavy atom. The molecule has 0 aromatic carbocycles. The van der Waals surface area contributed by atoms with E-state index in [9.17, 15) is 10.2 Å². The molecule has 0 rings (SSSR count). The number of aliphatic hydroxyl groups excluding tert-OH is 2. The smallest absolute Gasteiger partial charge is 0.109 e. The first kappa shape index (κ1) is 29.9. The number of hydrogen-bond acceptors (Lipinski definition) is 3. The van der Waals surface area contributed by atoms with Crippen LogP contribution in [0.5, 0.6) is 0 Å². The molecule has 0 heterocycles. The third-order valence-electron chi connectivity index (χ3n) is 6.52. The van der Waals surface area contributed by atoms with Crippen LogP contribution in [0.2, 0.25) is 0 Å². The predicted octanol–water partition coefficient (Wildman–Crippen LogP) is 8.18. The van der Waals surface area contributed by atoms with Gasteiger partial charge in [-0.3, -0.25) is 4.90 Å². The molecular formula is C27H57NO2. The molecule has 3 heteroatoms. The summed E-state index contributed by atoms with van der Waals surface area (Å²) in [5.41, 5.74) is 0. The first-order valence-electron chi connectivity index (χ1n) is 13.8. The largest absolute Gasteiger partial charge is 0.378 e. The zero-order chi connectivity index (χ0) is 22.3. The van der Waals surface area contributed by atoms with Gasteiger partial charge in [0.15, 0.2) is 0 Å². The monoisotopic (exact) mass is 427 g/mol. The van der Waals surface area contributed by atoms with Crippen LogP contribution in [0.4, 0.5) is 0 Å². The van der Waals surface area contributed by atoms with Gasteiger partial charge in [-0.15, -0.1) is 0 Å². The van der Waals surface area contributed by atoms with Crippen molar-refractivity contribution < 1.29 is 10.2 Å². The standard InChI is InChI=1S/C27H57NO2/c1-4-7-8-9-10-11-12-13-14-15-16-17-18-19-20-21-22-23-24-25-28(26(29)5-2)27(30)6-3/h26-27,29-30H,4-25H2,1-3H3. The second-order valence-electron chi connectivity index (χ2n) is 9.38. The number of unbranched alkanes of at least 4 members (excludes halogenated alkanes) is 18. The van der Waals surface area contributed by atoms with Crippen molar-refractivity contribution in [3.05, 3.63) is 0 Å². The van der Waals surface area contributed by atoms with Gasteiger partial charge in [0.05, 0.1) is 0 Å². The van der Waals surface area contributed by atoms with E-state index in [-0.39, 0.29) is 0 Å². The lowest BCUT2D eigenvalue weighted by Gasteiger charge is -2.31. The Bertz CT molecular complexity index is 314. The highest BCUT2D eigenvalue weighted by Gasteiger charge is 2.19. The molecule has 30 heavy (non-hydrogen) atoms. The van der Waals surface area contributed by atoms with E-state index in [0.717, 1.165) is 13.0 Å². The van der Waals surface area contributed by atoms with Gasteiger partial charge in [-0.05, 0) is 19.3 Å². The van der Waals surface area contributed by atoms with Gasteiger partial charge in [0.1, 0.15) is 12.5 Å². The number of hydrogen-bond donors (Lipinski definition) is 2. The third-order valence-corrected chi connectivity index (χ3v) is 6.52. The van der Waals surface area contributed by atoms with Crippen molar-refractivity contribution in [2.24, 2.45) is 0 Å². The fourth-order valence-corrected chi connectivity index (χ4v) is 4.34. The lowest BCUT2D eigenvalue weighted by Crippen LogP contribution is -2.43. The van der Waals surface area contributed by atoms with Crippen molar-refractivity contribution in [1.29, 1.82) is 0 Å². The molecule has 3 nitrogen and oxygen atoms in total. The third kappa shape index (κ3) is 18.6. The van der Waals surface area contributed by atoms with Gasteiger partial charge >= 0.3 is 0 Å². The molecule has 0 aromatic rings. The molecular weight excluding hydrogens is 370 g/mol. The topological polar surface area (TPSA) is 43.7 Å². The van der Waals surface area contributed by atoms with Crippen molar-refractivity contribution in [3.8, 4) is 0 Å². The Balaban J connectivity index is 3.29. The highest BCUT2D eigenvalue weighted by atomic mass is 16.3. The van der Waals surface area contributed by atoms with Crippen LogP contribution in [0.1, 0.15) is 156 Å². The summed E-state index contributed by atoms with van der Waals surface area (Å²) in [6, 6.07) is 0. The van der Waals surface area contributed by atoms with E-state index in [2.05, 4.69) is 6.92 Å². The van der Waals surface area contributed by atoms with Crippen LogP contribution in [0, 0.1) is 0 Å². The van der Waals surface area contributed by atoms with Crippen molar-refractivity contribution in [1.82, 2.24) is 4.90 Å². The second-order valence-corrected chi connectivity index (χ2v) is 9.38. The number of aliphatic hydroxyl groups is 2. The SMILES string of the molecule is CCCCCCCCCCCCCCCCCCCCCN(C(O)CC)C(O)CC. The normalized spacial score (nSPS) is 13.8. The molecule has 0 bridgehead atoms. The summed E-state index contributed by atoms with van der Waals surface area (Å²) in [6.45, 7) is 7.04.